The van der Waals surface area contributed by atoms with Gasteiger partial charge in [0.1, 0.15) is 0 Å². The Balaban J connectivity index is 1.90. The molecule has 0 spiro atoms. The summed E-state index contributed by atoms with van der Waals surface area (Å²) in [6, 6.07) is 7.27. The van der Waals surface area contributed by atoms with E-state index in [1.807, 2.05) is 30.4 Å². The van der Waals surface area contributed by atoms with Gasteiger partial charge in [-0.3, -0.25) is 9.59 Å². The summed E-state index contributed by atoms with van der Waals surface area (Å²) in [6.45, 7) is 4.19. The van der Waals surface area contributed by atoms with E-state index in [1.54, 1.807) is 6.07 Å². The molecule has 22 heavy (non-hydrogen) atoms. The Kier molecular flexibility index (Phi) is 5.33. The average Bonchev–Trinajstić information content (AvgIpc) is 2.95. The number of benzene rings is 1. The number of aliphatic hydroxyl groups is 1. The number of amides is 2. The van der Waals surface area contributed by atoms with Gasteiger partial charge in [-0.25, -0.2) is 0 Å². The maximum Gasteiger partial charge on any atom is 0.313 e. The first kappa shape index (κ1) is 16.2. The fraction of sp³-hybridized carbons (Fsp3) is 0.412. The van der Waals surface area contributed by atoms with Gasteiger partial charge < -0.3 is 15.7 Å². The highest BCUT2D eigenvalue weighted by molar-refractivity contribution is 6.39. The van der Waals surface area contributed by atoms with Crippen LogP contribution in [0, 0.1) is 5.92 Å². The monoisotopic (exact) mass is 302 g/mol. The predicted octanol–water partition coefficient (Wildman–Crippen LogP) is 1.80. The van der Waals surface area contributed by atoms with Crippen molar-refractivity contribution in [3.63, 3.8) is 0 Å². The minimum absolute atomic E-state index is 0.0519. The molecule has 0 saturated heterocycles. The van der Waals surface area contributed by atoms with Crippen LogP contribution in [0.4, 0.5) is 5.69 Å². The molecular weight excluding hydrogens is 280 g/mol. The lowest BCUT2D eigenvalue weighted by Crippen LogP contribution is -2.40. The number of anilines is 1. The molecule has 0 radical (unpaired) electrons. The summed E-state index contributed by atoms with van der Waals surface area (Å²) >= 11 is 0. The van der Waals surface area contributed by atoms with Gasteiger partial charge >= 0.3 is 11.8 Å². The highest BCUT2D eigenvalue weighted by Crippen LogP contribution is 2.19. The second-order valence-electron chi connectivity index (χ2n) is 5.88. The summed E-state index contributed by atoms with van der Waals surface area (Å²) in [7, 11) is 0. The fourth-order valence-electron chi connectivity index (χ4n) is 2.41. The van der Waals surface area contributed by atoms with E-state index in [1.165, 1.54) is 0 Å². The van der Waals surface area contributed by atoms with Gasteiger partial charge in [-0.2, -0.15) is 0 Å². The molecule has 0 heterocycles. The number of nitrogens with one attached hydrogen (secondary N) is 2. The summed E-state index contributed by atoms with van der Waals surface area (Å²) in [5, 5.41) is 14.3. The summed E-state index contributed by atoms with van der Waals surface area (Å²) in [4.78, 5) is 23.8. The highest BCUT2D eigenvalue weighted by atomic mass is 16.3. The van der Waals surface area contributed by atoms with E-state index in [0.29, 0.717) is 18.0 Å². The minimum Gasteiger partial charge on any atom is -0.396 e. The van der Waals surface area contributed by atoms with Gasteiger partial charge in [0.05, 0.1) is 0 Å². The first-order valence-electron chi connectivity index (χ1n) is 7.50. The van der Waals surface area contributed by atoms with Crippen molar-refractivity contribution < 1.29 is 14.7 Å². The van der Waals surface area contributed by atoms with Gasteiger partial charge in [0.25, 0.3) is 0 Å². The average molecular weight is 302 g/mol. The number of hydrogen-bond donors (Lipinski definition) is 3. The van der Waals surface area contributed by atoms with Gasteiger partial charge in [-0.15, -0.1) is 0 Å². The lowest BCUT2D eigenvalue weighted by atomic mass is 10.0. The van der Waals surface area contributed by atoms with E-state index in [-0.39, 0.29) is 18.6 Å². The van der Waals surface area contributed by atoms with Crippen LogP contribution in [-0.4, -0.2) is 29.6 Å². The van der Waals surface area contributed by atoms with Gasteiger partial charge in [-0.1, -0.05) is 38.1 Å². The number of aliphatic hydroxyl groups excluding tert-OH is 1. The Morgan fingerprint density at radius 2 is 2.05 bits per heavy atom. The molecule has 1 aliphatic carbocycles. The minimum atomic E-state index is -0.679. The van der Waals surface area contributed by atoms with Crippen molar-refractivity contribution in [2.24, 2.45) is 5.92 Å². The Hall–Kier alpha value is -2.14. The van der Waals surface area contributed by atoms with Crippen LogP contribution in [0.5, 0.6) is 0 Å². The molecule has 5 nitrogen and oxygen atoms in total. The van der Waals surface area contributed by atoms with Crippen molar-refractivity contribution in [1.29, 1.82) is 0 Å². The quantitative estimate of drug-likeness (QED) is 0.586. The van der Waals surface area contributed by atoms with Crippen molar-refractivity contribution in [2.45, 2.75) is 32.2 Å². The Morgan fingerprint density at radius 3 is 2.68 bits per heavy atom. The molecule has 2 amide bonds. The molecule has 0 saturated carbocycles. The molecule has 2 rings (SSSR count). The molecule has 1 aliphatic rings. The van der Waals surface area contributed by atoms with Crippen molar-refractivity contribution in [2.75, 3.05) is 11.9 Å². The lowest BCUT2D eigenvalue weighted by molar-refractivity contribution is -0.136. The van der Waals surface area contributed by atoms with Crippen LogP contribution >= 0.6 is 0 Å². The van der Waals surface area contributed by atoms with Crippen molar-refractivity contribution in [1.82, 2.24) is 5.32 Å². The molecular formula is C17H22N2O3. The Bertz CT molecular complexity index is 581. The van der Waals surface area contributed by atoms with E-state index in [0.717, 1.165) is 5.56 Å². The lowest BCUT2D eigenvalue weighted by Gasteiger charge is -2.13. The van der Waals surface area contributed by atoms with Crippen molar-refractivity contribution in [3.8, 4) is 0 Å². The van der Waals surface area contributed by atoms with E-state index < -0.39 is 11.8 Å². The van der Waals surface area contributed by atoms with E-state index in [9.17, 15) is 9.59 Å². The first-order valence-corrected chi connectivity index (χ1v) is 7.50. The maximum absolute atomic E-state index is 11.9. The van der Waals surface area contributed by atoms with Crippen LogP contribution in [0.1, 0.15) is 31.7 Å². The van der Waals surface area contributed by atoms with E-state index >= 15 is 0 Å². The molecule has 2 atom stereocenters. The maximum atomic E-state index is 11.9. The summed E-state index contributed by atoms with van der Waals surface area (Å²) < 4.78 is 0. The topological polar surface area (TPSA) is 78.4 Å². The van der Waals surface area contributed by atoms with E-state index in [2.05, 4.69) is 24.5 Å². The SMILES string of the molecule is CC(C)c1cccc(NC(=O)C(=O)N[C@@H]2C=C[C@H](CO)C2)c1. The largest absolute Gasteiger partial charge is 0.396 e. The number of carbonyl (C=O) groups excluding carboxylic acids is 2. The zero-order chi connectivity index (χ0) is 16.1. The Labute approximate surface area is 130 Å². The fourth-order valence-corrected chi connectivity index (χ4v) is 2.41. The summed E-state index contributed by atoms with van der Waals surface area (Å²) in [6.07, 6.45) is 4.29. The van der Waals surface area contributed by atoms with Gasteiger partial charge in [0, 0.05) is 24.3 Å². The third-order valence-electron chi connectivity index (χ3n) is 3.74. The molecule has 0 aliphatic heterocycles. The second kappa shape index (κ2) is 7.22. The highest BCUT2D eigenvalue weighted by Gasteiger charge is 2.22. The van der Waals surface area contributed by atoms with Gasteiger partial charge in [0.15, 0.2) is 0 Å². The normalized spacial score (nSPS) is 20.2. The van der Waals surface area contributed by atoms with Crippen molar-refractivity contribution >= 4 is 17.5 Å². The van der Waals surface area contributed by atoms with Crippen LogP contribution in [0.25, 0.3) is 0 Å². The molecule has 5 heteroatoms. The number of hydrogen-bond acceptors (Lipinski definition) is 3. The zero-order valence-corrected chi connectivity index (χ0v) is 12.9. The third kappa shape index (κ3) is 4.18. The molecule has 118 valence electrons. The molecule has 0 bridgehead atoms. The molecule has 1 aromatic carbocycles. The zero-order valence-electron chi connectivity index (χ0n) is 12.9. The van der Waals surface area contributed by atoms with Crippen molar-refractivity contribution in [3.05, 3.63) is 42.0 Å². The van der Waals surface area contributed by atoms with Crippen LogP contribution in [0.15, 0.2) is 36.4 Å². The van der Waals surface area contributed by atoms with Crippen LogP contribution in [0.2, 0.25) is 0 Å². The molecule has 0 unspecified atom stereocenters. The van der Waals surface area contributed by atoms with Crippen LogP contribution in [-0.2, 0) is 9.59 Å². The van der Waals surface area contributed by atoms with Crippen LogP contribution < -0.4 is 10.6 Å². The summed E-state index contributed by atoms with van der Waals surface area (Å²) in [5.41, 5.74) is 1.71. The molecule has 0 fully saturated rings. The van der Waals surface area contributed by atoms with E-state index in [4.69, 9.17) is 5.11 Å². The first-order chi connectivity index (χ1) is 10.5. The predicted molar refractivity (Wildman–Crippen MR) is 85.4 cm³/mol. The number of rotatable bonds is 4. The summed E-state index contributed by atoms with van der Waals surface area (Å²) in [5.74, 6) is -0.939. The van der Waals surface area contributed by atoms with Gasteiger partial charge in [0.2, 0.25) is 0 Å². The smallest absolute Gasteiger partial charge is 0.313 e. The van der Waals surface area contributed by atoms with Gasteiger partial charge in [-0.05, 0) is 30.0 Å². The Morgan fingerprint density at radius 1 is 1.27 bits per heavy atom. The molecule has 0 aromatic heterocycles. The molecule has 1 aromatic rings. The second-order valence-corrected chi connectivity index (χ2v) is 5.88. The number of carbonyl (C=O) groups is 2. The molecule has 3 N–H and O–H groups in total. The standard InChI is InChI=1S/C17H22N2O3/c1-11(2)13-4-3-5-14(9-13)18-16(21)17(22)19-15-7-6-12(8-15)10-20/h3-7,9,11-12,15,20H,8,10H2,1-2H3,(H,18,21)(H,19,22)/t12-,15+/m0/s1. The van der Waals surface area contributed by atoms with Crippen LogP contribution in [0.3, 0.4) is 0 Å². The third-order valence-corrected chi connectivity index (χ3v) is 3.74.